The number of benzene rings is 2. The molecule has 5 nitrogen and oxygen atoms in total. The van der Waals surface area contributed by atoms with Gasteiger partial charge in [0, 0.05) is 6.92 Å². The average Bonchev–Trinajstić information content (AvgIpc) is 2.66. The Labute approximate surface area is 166 Å². The molecule has 2 aromatic carbocycles. The van der Waals surface area contributed by atoms with Crippen LogP contribution >= 0.6 is 0 Å². The number of ether oxygens (including phenoxy) is 1. The van der Waals surface area contributed by atoms with Crippen molar-refractivity contribution in [3.8, 4) is 16.9 Å². The van der Waals surface area contributed by atoms with Gasteiger partial charge in [-0.15, -0.1) is 0 Å². The van der Waals surface area contributed by atoms with Gasteiger partial charge in [0.2, 0.25) is 5.91 Å². The summed E-state index contributed by atoms with van der Waals surface area (Å²) >= 11 is 0. The maximum Gasteiger partial charge on any atom is 0.335 e. The minimum atomic E-state index is -0.956. The second-order valence-electron chi connectivity index (χ2n) is 7.05. The number of hydrogen-bond donors (Lipinski definition) is 2. The number of unbranched alkanes of at least 4 members (excludes halogenated alkanes) is 3. The molecule has 0 aromatic heterocycles. The molecule has 2 aromatic rings. The van der Waals surface area contributed by atoms with Crippen LogP contribution in [0.5, 0.6) is 5.75 Å². The van der Waals surface area contributed by atoms with Gasteiger partial charge in [-0.25, -0.2) is 4.79 Å². The van der Waals surface area contributed by atoms with Crippen LogP contribution in [0.2, 0.25) is 0 Å². The lowest BCUT2D eigenvalue weighted by molar-refractivity contribution is -0.114. The van der Waals surface area contributed by atoms with Gasteiger partial charge in [0.15, 0.2) is 0 Å². The fraction of sp³-hybridized carbons (Fsp3) is 0.391. The molecule has 0 aliphatic heterocycles. The number of carboxylic acid groups (broad SMARTS) is 1. The second-order valence-corrected chi connectivity index (χ2v) is 7.05. The molecule has 0 aliphatic rings. The van der Waals surface area contributed by atoms with Gasteiger partial charge < -0.3 is 15.2 Å². The Morgan fingerprint density at radius 1 is 1.04 bits per heavy atom. The molecule has 0 saturated heterocycles. The first-order valence-electron chi connectivity index (χ1n) is 9.82. The second kappa shape index (κ2) is 10.5. The number of nitrogens with one attached hydrogen (secondary N) is 1. The first-order valence-corrected chi connectivity index (χ1v) is 9.82. The summed E-state index contributed by atoms with van der Waals surface area (Å²) in [5.74, 6) is -0.481. The summed E-state index contributed by atoms with van der Waals surface area (Å²) in [5.41, 5.74) is 2.61. The third kappa shape index (κ3) is 6.41. The first-order chi connectivity index (χ1) is 13.4. The zero-order valence-corrected chi connectivity index (χ0v) is 16.8. The van der Waals surface area contributed by atoms with Gasteiger partial charge >= 0.3 is 5.97 Å². The molecular formula is C23H29NO4. The third-order valence-corrected chi connectivity index (χ3v) is 4.55. The van der Waals surface area contributed by atoms with Gasteiger partial charge in [0.05, 0.1) is 17.4 Å². The van der Waals surface area contributed by atoms with Crippen molar-refractivity contribution in [3.05, 3.63) is 48.0 Å². The Hall–Kier alpha value is -2.82. The largest absolute Gasteiger partial charge is 0.489 e. The molecule has 0 radical (unpaired) electrons. The lowest BCUT2D eigenvalue weighted by Gasteiger charge is -2.18. The number of hydrogen-bond acceptors (Lipinski definition) is 3. The summed E-state index contributed by atoms with van der Waals surface area (Å²) in [6, 6.07) is 12.3. The van der Waals surface area contributed by atoms with Gasteiger partial charge in [0.1, 0.15) is 5.75 Å². The molecule has 1 unspecified atom stereocenters. The van der Waals surface area contributed by atoms with E-state index in [1.165, 1.54) is 26.2 Å². The molecule has 0 fully saturated rings. The number of carboxylic acids is 1. The van der Waals surface area contributed by atoms with Crippen LogP contribution in [-0.4, -0.2) is 23.1 Å². The molecule has 0 bridgehead atoms. The lowest BCUT2D eigenvalue weighted by Crippen LogP contribution is -2.14. The van der Waals surface area contributed by atoms with Crippen LogP contribution in [0.4, 0.5) is 5.69 Å². The van der Waals surface area contributed by atoms with Crippen molar-refractivity contribution < 1.29 is 19.4 Å². The van der Waals surface area contributed by atoms with Crippen molar-refractivity contribution in [2.24, 2.45) is 0 Å². The van der Waals surface area contributed by atoms with E-state index in [2.05, 4.69) is 12.2 Å². The fourth-order valence-electron chi connectivity index (χ4n) is 3.04. The Bertz CT molecular complexity index is 799. The molecule has 0 aliphatic carbocycles. The van der Waals surface area contributed by atoms with E-state index in [1.54, 1.807) is 24.3 Å². The van der Waals surface area contributed by atoms with Crippen LogP contribution in [0, 0.1) is 0 Å². The highest BCUT2D eigenvalue weighted by Gasteiger charge is 2.12. The SMILES string of the molecule is CCCCCCC(C)Oc1ccc(-c2ccc(C(=O)O)cc2)cc1NC(C)=O. The summed E-state index contributed by atoms with van der Waals surface area (Å²) in [4.78, 5) is 22.6. The molecule has 1 atom stereocenters. The molecule has 5 heteroatoms. The van der Waals surface area contributed by atoms with Gasteiger partial charge in [-0.05, 0) is 55.2 Å². The topological polar surface area (TPSA) is 75.6 Å². The highest BCUT2D eigenvalue weighted by Crippen LogP contribution is 2.32. The zero-order chi connectivity index (χ0) is 20.5. The predicted molar refractivity (Wildman–Crippen MR) is 112 cm³/mol. The molecule has 0 saturated carbocycles. The number of rotatable bonds is 10. The lowest BCUT2D eigenvalue weighted by atomic mass is 10.0. The number of anilines is 1. The van der Waals surface area contributed by atoms with Gasteiger partial charge in [-0.3, -0.25) is 4.79 Å². The average molecular weight is 383 g/mol. The minimum Gasteiger partial charge on any atom is -0.489 e. The number of carbonyl (C=O) groups is 2. The van der Waals surface area contributed by atoms with Crippen LogP contribution in [-0.2, 0) is 4.79 Å². The molecule has 1 amide bonds. The van der Waals surface area contributed by atoms with E-state index in [1.807, 2.05) is 25.1 Å². The Morgan fingerprint density at radius 2 is 1.71 bits per heavy atom. The van der Waals surface area contributed by atoms with Crippen LogP contribution in [0.3, 0.4) is 0 Å². The van der Waals surface area contributed by atoms with Crippen molar-refractivity contribution >= 4 is 17.6 Å². The summed E-state index contributed by atoms with van der Waals surface area (Å²) < 4.78 is 6.08. The van der Waals surface area contributed by atoms with Crippen LogP contribution in [0.1, 0.15) is 63.2 Å². The molecule has 0 spiro atoms. The molecule has 2 N–H and O–H groups in total. The smallest absolute Gasteiger partial charge is 0.335 e. The van der Waals surface area contributed by atoms with E-state index in [0.29, 0.717) is 11.4 Å². The van der Waals surface area contributed by atoms with E-state index in [4.69, 9.17) is 9.84 Å². The van der Waals surface area contributed by atoms with Crippen molar-refractivity contribution in [1.29, 1.82) is 0 Å². The van der Waals surface area contributed by atoms with Crippen LogP contribution < -0.4 is 10.1 Å². The Morgan fingerprint density at radius 3 is 2.32 bits per heavy atom. The standard InChI is InChI=1S/C23H29NO4/c1-4-5-6-7-8-16(2)28-22-14-13-20(15-21(22)24-17(3)25)18-9-11-19(12-10-18)23(26)27/h9-16H,4-8H2,1-3H3,(H,24,25)(H,26,27). The first kappa shape index (κ1) is 21.5. The van der Waals surface area contributed by atoms with Gasteiger partial charge in [0.25, 0.3) is 0 Å². The van der Waals surface area contributed by atoms with E-state index < -0.39 is 5.97 Å². The molecule has 150 valence electrons. The zero-order valence-electron chi connectivity index (χ0n) is 16.8. The fourth-order valence-corrected chi connectivity index (χ4v) is 3.04. The summed E-state index contributed by atoms with van der Waals surface area (Å²) in [7, 11) is 0. The quantitative estimate of drug-likeness (QED) is 0.512. The summed E-state index contributed by atoms with van der Waals surface area (Å²) in [6.07, 6.45) is 5.80. The highest BCUT2D eigenvalue weighted by atomic mass is 16.5. The normalized spacial score (nSPS) is 11.7. The van der Waals surface area contributed by atoms with Crippen molar-refractivity contribution in [2.45, 2.75) is 59.0 Å². The third-order valence-electron chi connectivity index (χ3n) is 4.55. The number of aromatic carboxylic acids is 1. The van der Waals surface area contributed by atoms with Crippen molar-refractivity contribution in [3.63, 3.8) is 0 Å². The van der Waals surface area contributed by atoms with Crippen molar-refractivity contribution in [1.82, 2.24) is 0 Å². The number of carbonyl (C=O) groups excluding carboxylic acids is 1. The highest BCUT2D eigenvalue weighted by molar-refractivity contribution is 5.92. The molecule has 2 rings (SSSR count). The van der Waals surface area contributed by atoms with Crippen LogP contribution in [0.25, 0.3) is 11.1 Å². The van der Waals surface area contributed by atoms with E-state index in [0.717, 1.165) is 24.0 Å². The maximum absolute atomic E-state index is 11.6. The Kier molecular flexibility index (Phi) is 8.05. The molecule has 0 heterocycles. The Balaban J connectivity index is 2.18. The molecular weight excluding hydrogens is 354 g/mol. The monoisotopic (exact) mass is 383 g/mol. The van der Waals surface area contributed by atoms with Crippen molar-refractivity contribution in [2.75, 3.05) is 5.32 Å². The van der Waals surface area contributed by atoms with E-state index >= 15 is 0 Å². The van der Waals surface area contributed by atoms with Gasteiger partial charge in [-0.2, -0.15) is 0 Å². The van der Waals surface area contributed by atoms with E-state index in [9.17, 15) is 9.59 Å². The van der Waals surface area contributed by atoms with Gasteiger partial charge in [-0.1, -0.05) is 44.4 Å². The van der Waals surface area contributed by atoms with Crippen LogP contribution in [0.15, 0.2) is 42.5 Å². The van der Waals surface area contributed by atoms with E-state index in [-0.39, 0.29) is 17.6 Å². The number of amides is 1. The minimum absolute atomic E-state index is 0.0602. The summed E-state index contributed by atoms with van der Waals surface area (Å²) in [5, 5.41) is 11.9. The predicted octanol–water partition coefficient (Wildman–Crippen LogP) is 5.75. The molecule has 28 heavy (non-hydrogen) atoms. The maximum atomic E-state index is 11.6. The summed E-state index contributed by atoms with van der Waals surface area (Å²) in [6.45, 7) is 5.70.